The number of aromatic amines is 1. The molecule has 21 heavy (non-hydrogen) atoms. The highest BCUT2D eigenvalue weighted by Crippen LogP contribution is 2.36. The fourth-order valence-corrected chi connectivity index (χ4v) is 3.49. The summed E-state index contributed by atoms with van der Waals surface area (Å²) in [5.41, 5.74) is 3.09. The van der Waals surface area contributed by atoms with Crippen LogP contribution in [-0.2, 0) is 6.42 Å². The van der Waals surface area contributed by atoms with Gasteiger partial charge in [0, 0.05) is 11.5 Å². The molecule has 110 valence electrons. The summed E-state index contributed by atoms with van der Waals surface area (Å²) >= 11 is 3.41. The van der Waals surface area contributed by atoms with Gasteiger partial charge in [0.15, 0.2) is 0 Å². The third-order valence-corrected chi connectivity index (χ3v) is 5.03. The van der Waals surface area contributed by atoms with Crippen LogP contribution in [-0.4, -0.2) is 9.97 Å². The lowest BCUT2D eigenvalue weighted by molar-refractivity contribution is 0.688. The molecule has 0 saturated heterocycles. The van der Waals surface area contributed by atoms with Crippen LogP contribution in [0.1, 0.15) is 49.8 Å². The fourth-order valence-electron chi connectivity index (χ4n) is 2.98. The standard InChI is InChI=1S/C17H19BrN2O/c1-2-11-7-9-13(10-8-11)16-19-15(12-5-3-4-6-12)14(18)17(21)20-16/h7-10,12H,2-6H2,1H3,(H,19,20,21). The number of benzene rings is 1. The van der Waals surface area contributed by atoms with Gasteiger partial charge in [-0.15, -0.1) is 0 Å². The van der Waals surface area contributed by atoms with Gasteiger partial charge in [0.25, 0.3) is 5.56 Å². The lowest BCUT2D eigenvalue weighted by Crippen LogP contribution is -2.15. The minimum atomic E-state index is -0.0820. The topological polar surface area (TPSA) is 45.8 Å². The normalized spacial score (nSPS) is 15.5. The Morgan fingerprint density at radius 1 is 1.24 bits per heavy atom. The number of H-pyrrole nitrogens is 1. The lowest BCUT2D eigenvalue weighted by Gasteiger charge is -2.12. The zero-order valence-corrected chi connectivity index (χ0v) is 13.7. The molecule has 1 aromatic carbocycles. The minimum Gasteiger partial charge on any atom is -0.306 e. The second-order valence-corrected chi connectivity index (χ2v) is 6.44. The number of rotatable bonds is 3. The van der Waals surface area contributed by atoms with E-state index in [1.54, 1.807) is 0 Å². The molecule has 0 aliphatic heterocycles. The molecule has 2 aromatic rings. The molecule has 4 heteroatoms. The average Bonchev–Trinajstić information content (AvgIpc) is 3.04. The fraction of sp³-hybridized carbons (Fsp3) is 0.412. The van der Waals surface area contributed by atoms with Gasteiger partial charge in [0.2, 0.25) is 0 Å². The molecule has 1 aliphatic rings. The van der Waals surface area contributed by atoms with Gasteiger partial charge in [-0.2, -0.15) is 0 Å². The van der Waals surface area contributed by atoms with Crippen molar-refractivity contribution in [2.45, 2.75) is 44.9 Å². The van der Waals surface area contributed by atoms with Crippen LogP contribution in [0.4, 0.5) is 0 Å². The van der Waals surface area contributed by atoms with Crippen LogP contribution in [0, 0.1) is 0 Å². The first kappa shape index (κ1) is 14.5. The molecular formula is C17H19BrN2O. The van der Waals surface area contributed by atoms with Gasteiger partial charge in [-0.3, -0.25) is 4.79 Å². The van der Waals surface area contributed by atoms with Crippen LogP contribution in [0.15, 0.2) is 33.5 Å². The van der Waals surface area contributed by atoms with Crippen molar-refractivity contribution in [1.82, 2.24) is 9.97 Å². The Hall–Kier alpha value is -1.42. The Balaban J connectivity index is 2.03. The number of hydrogen-bond donors (Lipinski definition) is 1. The number of aryl methyl sites for hydroxylation is 1. The molecule has 0 spiro atoms. The molecule has 1 N–H and O–H groups in total. The van der Waals surface area contributed by atoms with Crippen LogP contribution < -0.4 is 5.56 Å². The molecule has 1 aliphatic carbocycles. The maximum Gasteiger partial charge on any atom is 0.265 e. The second kappa shape index (κ2) is 6.14. The summed E-state index contributed by atoms with van der Waals surface area (Å²) in [6.45, 7) is 2.13. The third kappa shape index (κ3) is 2.95. The molecule has 1 fully saturated rings. The molecule has 1 saturated carbocycles. The van der Waals surface area contributed by atoms with Crippen LogP contribution in [0.2, 0.25) is 0 Å². The quantitative estimate of drug-likeness (QED) is 0.893. The van der Waals surface area contributed by atoms with E-state index in [-0.39, 0.29) is 5.56 Å². The maximum atomic E-state index is 12.2. The first-order chi connectivity index (χ1) is 10.2. The van der Waals surface area contributed by atoms with Gasteiger partial charge in [-0.05, 0) is 40.8 Å². The van der Waals surface area contributed by atoms with E-state index < -0.39 is 0 Å². The molecule has 0 radical (unpaired) electrons. The van der Waals surface area contributed by atoms with Crippen molar-refractivity contribution in [3.8, 4) is 11.4 Å². The van der Waals surface area contributed by atoms with E-state index in [2.05, 4.69) is 40.0 Å². The van der Waals surface area contributed by atoms with Crippen molar-refractivity contribution in [2.24, 2.45) is 0 Å². The molecule has 0 atom stereocenters. The second-order valence-electron chi connectivity index (χ2n) is 5.65. The van der Waals surface area contributed by atoms with Gasteiger partial charge >= 0.3 is 0 Å². The van der Waals surface area contributed by atoms with E-state index in [9.17, 15) is 4.79 Å². The Morgan fingerprint density at radius 2 is 1.90 bits per heavy atom. The van der Waals surface area contributed by atoms with Crippen molar-refractivity contribution in [3.63, 3.8) is 0 Å². The van der Waals surface area contributed by atoms with Crippen molar-refractivity contribution in [2.75, 3.05) is 0 Å². The number of nitrogens with zero attached hydrogens (tertiary/aromatic N) is 1. The highest BCUT2D eigenvalue weighted by atomic mass is 79.9. The highest BCUT2D eigenvalue weighted by Gasteiger charge is 2.23. The molecule has 1 aromatic heterocycles. The summed E-state index contributed by atoms with van der Waals surface area (Å²) in [6, 6.07) is 8.24. The SMILES string of the molecule is CCc1ccc(-c2nc(C3CCCC3)c(Br)c(=O)[nH]2)cc1. The Morgan fingerprint density at radius 3 is 2.52 bits per heavy atom. The van der Waals surface area contributed by atoms with E-state index in [4.69, 9.17) is 4.98 Å². The monoisotopic (exact) mass is 346 g/mol. The zero-order chi connectivity index (χ0) is 14.8. The number of halogens is 1. The first-order valence-corrected chi connectivity index (χ1v) is 8.37. The summed E-state index contributed by atoms with van der Waals surface area (Å²) in [5, 5.41) is 0. The van der Waals surface area contributed by atoms with Crippen molar-refractivity contribution in [3.05, 3.63) is 50.3 Å². The van der Waals surface area contributed by atoms with Gasteiger partial charge in [-0.25, -0.2) is 4.98 Å². The largest absolute Gasteiger partial charge is 0.306 e. The van der Waals surface area contributed by atoms with E-state index in [1.165, 1.54) is 18.4 Å². The van der Waals surface area contributed by atoms with E-state index in [1.807, 2.05) is 12.1 Å². The Labute approximate surface area is 133 Å². The van der Waals surface area contributed by atoms with Gasteiger partial charge < -0.3 is 4.98 Å². The number of nitrogens with one attached hydrogen (secondary N) is 1. The minimum absolute atomic E-state index is 0.0820. The summed E-state index contributed by atoms with van der Waals surface area (Å²) in [5.74, 6) is 1.09. The smallest absolute Gasteiger partial charge is 0.265 e. The predicted octanol–water partition coefficient (Wildman–Crippen LogP) is 4.42. The molecule has 1 heterocycles. The molecule has 0 amide bonds. The van der Waals surface area contributed by atoms with Crippen molar-refractivity contribution >= 4 is 15.9 Å². The van der Waals surface area contributed by atoms with Crippen LogP contribution in [0.25, 0.3) is 11.4 Å². The van der Waals surface area contributed by atoms with Crippen molar-refractivity contribution < 1.29 is 0 Å². The summed E-state index contributed by atoms with van der Waals surface area (Å²) in [7, 11) is 0. The van der Waals surface area contributed by atoms with Crippen LogP contribution in [0.3, 0.4) is 0 Å². The zero-order valence-electron chi connectivity index (χ0n) is 12.2. The highest BCUT2D eigenvalue weighted by molar-refractivity contribution is 9.10. The first-order valence-electron chi connectivity index (χ1n) is 7.58. The number of aromatic nitrogens is 2. The van der Waals surface area contributed by atoms with Crippen LogP contribution >= 0.6 is 15.9 Å². The Bertz CT molecular complexity index is 685. The van der Waals surface area contributed by atoms with E-state index in [0.717, 1.165) is 30.5 Å². The summed E-state index contributed by atoms with van der Waals surface area (Å²) < 4.78 is 0.600. The van der Waals surface area contributed by atoms with Crippen LogP contribution in [0.5, 0.6) is 0 Å². The summed E-state index contributed by atoms with van der Waals surface area (Å²) in [6.07, 6.45) is 5.72. The average molecular weight is 347 g/mol. The van der Waals surface area contributed by atoms with E-state index in [0.29, 0.717) is 16.2 Å². The van der Waals surface area contributed by atoms with Gasteiger partial charge in [-0.1, -0.05) is 44.0 Å². The Kier molecular flexibility index (Phi) is 4.24. The molecule has 0 unspecified atom stereocenters. The van der Waals surface area contributed by atoms with Gasteiger partial charge in [0.1, 0.15) is 10.3 Å². The molecule has 3 nitrogen and oxygen atoms in total. The van der Waals surface area contributed by atoms with Crippen molar-refractivity contribution in [1.29, 1.82) is 0 Å². The maximum absolute atomic E-state index is 12.2. The number of hydrogen-bond acceptors (Lipinski definition) is 2. The van der Waals surface area contributed by atoms with Gasteiger partial charge in [0.05, 0.1) is 5.69 Å². The van der Waals surface area contributed by atoms with E-state index >= 15 is 0 Å². The molecule has 0 bridgehead atoms. The third-order valence-electron chi connectivity index (χ3n) is 4.27. The summed E-state index contributed by atoms with van der Waals surface area (Å²) in [4.78, 5) is 19.8. The lowest BCUT2D eigenvalue weighted by atomic mass is 10.0. The predicted molar refractivity (Wildman–Crippen MR) is 88.6 cm³/mol. The molecular weight excluding hydrogens is 328 g/mol. The molecule has 3 rings (SSSR count).